The maximum absolute atomic E-state index is 11.7. The zero-order valence-electron chi connectivity index (χ0n) is 11.8. The van der Waals surface area contributed by atoms with E-state index in [1.807, 2.05) is 0 Å². The van der Waals surface area contributed by atoms with E-state index in [4.69, 9.17) is 4.74 Å². The minimum atomic E-state index is -0.483. The average Bonchev–Trinajstić information content (AvgIpc) is 2.48. The zero-order valence-corrected chi connectivity index (χ0v) is 11.8. The Morgan fingerprint density at radius 3 is 2.62 bits per heavy atom. The highest BCUT2D eigenvalue weighted by Gasteiger charge is 2.18. The van der Waals surface area contributed by atoms with Gasteiger partial charge in [-0.2, -0.15) is 0 Å². The van der Waals surface area contributed by atoms with Crippen molar-refractivity contribution in [2.24, 2.45) is 0 Å². The van der Waals surface area contributed by atoms with Crippen LogP contribution in [0.15, 0.2) is 42.5 Å². The molecular weight excluding hydrogens is 270 g/mol. The van der Waals surface area contributed by atoms with Crippen LogP contribution in [0.1, 0.15) is 29.3 Å². The summed E-state index contributed by atoms with van der Waals surface area (Å²) in [5, 5.41) is 11.1. The van der Waals surface area contributed by atoms with Crippen molar-refractivity contribution >= 4 is 11.5 Å². The van der Waals surface area contributed by atoms with Crippen LogP contribution in [0.3, 0.4) is 0 Å². The number of benzene rings is 2. The maximum atomic E-state index is 11.7. The number of ketones is 1. The Hall–Kier alpha value is -2.69. The summed E-state index contributed by atoms with van der Waals surface area (Å²) in [5.74, 6) is 0.607. The number of ether oxygens (including phenoxy) is 1. The van der Waals surface area contributed by atoms with Crippen LogP contribution in [0.25, 0.3) is 0 Å². The van der Waals surface area contributed by atoms with Crippen molar-refractivity contribution in [3.63, 3.8) is 0 Å². The van der Waals surface area contributed by atoms with E-state index in [0.717, 1.165) is 0 Å². The van der Waals surface area contributed by atoms with Gasteiger partial charge < -0.3 is 4.74 Å². The fraction of sp³-hybridized carbons (Fsp3) is 0.188. The topological polar surface area (TPSA) is 69.4 Å². The van der Waals surface area contributed by atoms with Crippen LogP contribution in [0.4, 0.5) is 5.69 Å². The normalized spacial score (nSPS) is 10.2. The predicted octanol–water partition coefficient (Wildman–Crippen LogP) is 4.29. The van der Waals surface area contributed by atoms with Gasteiger partial charge in [0.1, 0.15) is 5.75 Å². The molecule has 0 spiro atoms. The molecule has 0 fully saturated rings. The van der Waals surface area contributed by atoms with Gasteiger partial charge in [0.15, 0.2) is 5.78 Å². The molecular formula is C16H15NO4. The van der Waals surface area contributed by atoms with Gasteiger partial charge in [0.25, 0.3) is 0 Å². The highest BCUT2D eigenvalue weighted by molar-refractivity contribution is 5.96. The summed E-state index contributed by atoms with van der Waals surface area (Å²) in [6.45, 7) is 3.52. The molecule has 0 aromatic heterocycles. The Labute approximate surface area is 122 Å². The molecule has 0 aliphatic rings. The second-order valence-corrected chi connectivity index (χ2v) is 4.59. The number of Topliss-reactive ketones (excluding diaryl/α,β-unsaturated/α-hetero) is 1. The molecule has 0 saturated carbocycles. The fourth-order valence-corrected chi connectivity index (χ4v) is 1.97. The van der Waals surface area contributed by atoms with Gasteiger partial charge in [-0.3, -0.25) is 14.9 Å². The third-order valence-electron chi connectivity index (χ3n) is 3.08. The molecule has 0 aliphatic carbocycles. The highest BCUT2D eigenvalue weighted by atomic mass is 16.6. The van der Waals surface area contributed by atoms with Crippen LogP contribution in [-0.2, 0) is 0 Å². The number of nitro groups is 1. The number of hydrogen-bond acceptors (Lipinski definition) is 4. The van der Waals surface area contributed by atoms with E-state index < -0.39 is 4.92 Å². The van der Waals surface area contributed by atoms with Gasteiger partial charge in [-0.1, -0.05) is 31.2 Å². The molecule has 2 aromatic rings. The minimum absolute atomic E-state index is 0.000247. The average molecular weight is 285 g/mol. The summed E-state index contributed by atoms with van der Waals surface area (Å²) in [5.41, 5.74) is 1.10. The lowest BCUT2D eigenvalue weighted by Gasteiger charge is -2.09. The molecule has 5 nitrogen and oxygen atoms in total. The molecule has 108 valence electrons. The predicted molar refractivity (Wildman–Crippen MR) is 79.0 cm³/mol. The number of rotatable bonds is 5. The van der Waals surface area contributed by atoms with E-state index in [0.29, 0.717) is 23.3 Å². The van der Waals surface area contributed by atoms with Crippen molar-refractivity contribution < 1.29 is 14.5 Å². The van der Waals surface area contributed by atoms with Crippen molar-refractivity contribution in [2.75, 3.05) is 0 Å². The Bertz CT molecular complexity index is 694. The van der Waals surface area contributed by atoms with Gasteiger partial charge in [0.05, 0.1) is 4.92 Å². The van der Waals surface area contributed by atoms with Gasteiger partial charge in [-0.05, 0) is 24.6 Å². The van der Waals surface area contributed by atoms with Crippen LogP contribution in [-0.4, -0.2) is 10.7 Å². The number of aryl methyl sites for hydroxylation is 1. The molecule has 21 heavy (non-hydrogen) atoms. The van der Waals surface area contributed by atoms with Crippen molar-refractivity contribution in [1.29, 1.82) is 0 Å². The number of nitrogens with zero attached hydrogens (tertiary/aromatic N) is 1. The molecule has 0 amide bonds. The molecule has 2 aromatic carbocycles. The summed E-state index contributed by atoms with van der Waals surface area (Å²) in [4.78, 5) is 22.3. The van der Waals surface area contributed by atoms with E-state index in [1.54, 1.807) is 50.2 Å². The molecule has 0 saturated heterocycles. The third kappa shape index (κ3) is 3.25. The van der Waals surface area contributed by atoms with Gasteiger partial charge in [-0.15, -0.1) is 0 Å². The summed E-state index contributed by atoms with van der Waals surface area (Å²) < 4.78 is 5.64. The molecule has 0 aliphatic heterocycles. The van der Waals surface area contributed by atoms with Gasteiger partial charge in [-0.25, -0.2) is 0 Å². The van der Waals surface area contributed by atoms with Gasteiger partial charge >= 0.3 is 5.69 Å². The summed E-state index contributed by atoms with van der Waals surface area (Å²) in [6.07, 6.45) is 0.397. The number of hydrogen-bond donors (Lipinski definition) is 0. The van der Waals surface area contributed by atoms with E-state index in [2.05, 4.69) is 0 Å². The molecule has 2 rings (SSSR count). The van der Waals surface area contributed by atoms with E-state index >= 15 is 0 Å². The smallest absolute Gasteiger partial charge is 0.311 e. The first-order valence-corrected chi connectivity index (χ1v) is 6.58. The standard InChI is InChI=1S/C16H15NO4/c1-3-15(18)12-7-5-8-13(10-12)21-16-11(2)6-4-9-14(16)17(19)20/h4-10H,3H2,1-2H3. The van der Waals surface area contributed by atoms with Gasteiger partial charge in [0.2, 0.25) is 5.75 Å². The minimum Gasteiger partial charge on any atom is -0.450 e. The summed E-state index contributed by atoms with van der Waals surface area (Å²) in [6, 6.07) is 11.4. The lowest BCUT2D eigenvalue weighted by molar-refractivity contribution is -0.385. The van der Waals surface area contributed by atoms with Gasteiger partial charge in [0, 0.05) is 18.1 Å². The quantitative estimate of drug-likeness (QED) is 0.467. The molecule has 0 unspecified atom stereocenters. The number of carbonyl (C=O) groups is 1. The van der Waals surface area contributed by atoms with Crippen molar-refractivity contribution in [3.05, 3.63) is 63.7 Å². The van der Waals surface area contributed by atoms with Crippen molar-refractivity contribution in [2.45, 2.75) is 20.3 Å². The molecule has 0 heterocycles. The fourth-order valence-electron chi connectivity index (χ4n) is 1.97. The monoisotopic (exact) mass is 285 g/mol. The molecule has 0 radical (unpaired) electrons. The van der Waals surface area contributed by atoms with E-state index in [9.17, 15) is 14.9 Å². The van der Waals surface area contributed by atoms with E-state index in [1.165, 1.54) is 6.07 Å². The SMILES string of the molecule is CCC(=O)c1cccc(Oc2c(C)cccc2[N+](=O)[O-])c1. The Morgan fingerprint density at radius 2 is 1.95 bits per heavy atom. The Morgan fingerprint density at radius 1 is 1.24 bits per heavy atom. The summed E-state index contributed by atoms with van der Waals surface area (Å²) >= 11 is 0. The largest absolute Gasteiger partial charge is 0.450 e. The second-order valence-electron chi connectivity index (χ2n) is 4.59. The first-order valence-electron chi connectivity index (χ1n) is 6.58. The number of nitro benzene ring substituents is 1. The first-order chi connectivity index (χ1) is 10.0. The zero-order chi connectivity index (χ0) is 15.4. The molecule has 5 heteroatoms. The van der Waals surface area contributed by atoms with Crippen LogP contribution >= 0.6 is 0 Å². The van der Waals surface area contributed by atoms with Crippen LogP contribution in [0.5, 0.6) is 11.5 Å². The van der Waals surface area contributed by atoms with Crippen LogP contribution in [0.2, 0.25) is 0 Å². The lowest BCUT2D eigenvalue weighted by Crippen LogP contribution is -1.98. The van der Waals surface area contributed by atoms with Crippen molar-refractivity contribution in [1.82, 2.24) is 0 Å². The maximum Gasteiger partial charge on any atom is 0.311 e. The Kier molecular flexibility index (Phi) is 4.33. The van der Waals surface area contributed by atoms with Crippen LogP contribution in [0, 0.1) is 17.0 Å². The molecule has 0 bridgehead atoms. The Balaban J connectivity index is 2.39. The molecule has 0 atom stereocenters. The van der Waals surface area contributed by atoms with Crippen LogP contribution < -0.4 is 4.74 Å². The summed E-state index contributed by atoms with van der Waals surface area (Å²) in [7, 11) is 0. The highest BCUT2D eigenvalue weighted by Crippen LogP contribution is 2.34. The third-order valence-corrected chi connectivity index (χ3v) is 3.08. The van der Waals surface area contributed by atoms with Crippen molar-refractivity contribution in [3.8, 4) is 11.5 Å². The number of para-hydroxylation sites is 1. The lowest BCUT2D eigenvalue weighted by atomic mass is 10.1. The van der Waals surface area contributed by atoms with E-state index in [-0.39, 0.29) is 17.2 Å². The first kappa shape index (κ1) is 14.7. The second kappa shape index (κ2) is 6.17. The number of carbonyl (C=O) groups excluding carboxylic acids is 1. The molecule has 0 N–H and O–H groups in total.